The Bertz CT molecular complexity index is 412. The molecule has 0 bridgehead atoms. The van der Waals surface area contributed by atoms with Crippen molar-refractivity contribution in [2.45, 2.75) is 87.0 Å². The molecular formula is C20H38O4. The monoisotopic (exact) mass is 342 g/mol. The van der Waals surface area contributed by atoms with E-state index < -0.39 is 11.9 Å². The van der Waals surface area contributed by atoms with Gasteiger partial charge in [0.25, 0.3) is 0 Å². The molecule has 0 aromatic rings. The molecule has 0 fully saturated rings. The molecule has 0 saturated carbocycles. The first-order valence-electron chi connectivity index (χ1n) is 9.24. The molecule has 0 amide bonds. The summed E-state index contributed by atoms with van der Waals surface area (Å²) in [6.45, 7) is 14.6. The molecule has 4 heteroatoms. The first kappa shape index (κ1) is 22.9. The molecule has 2 N–H and O–H groups in total. The van der Waals surface area contributed by atoms with E-state index in [-0.39, 0.29) is 29.1 Å². The molecule has 0 heterocycles. The van der Waals surface area contributed by atoms with Crippen LogP contribution in [0, 0.1) is 28.6 Å². The summed E-state index contributed by atoms with van der Waals surface area (Å²) in [5.74, 6) is -1.06. The van der Waals surface area contributed by atoms with Crippen molar-refractivity contribution < 1.29 is 19.8 Å². The number of aliphatic carboxylic acids is 2. The van der Waals surface area contributed by atoms with Crippen LogP contribution in [0.25, 0.3) is 0 Å². The maximum absolute atomic E-state index is 11.3. The fraction of sp³-hybridized carbons (Fsp3) is 0.900. The number of carboxylic acids is 2. The molecule has 0 aliphatic carbocycles. The van der Waals surface area contributed by atoms with E-state index in [0.29, 0.717) is 12.3 Å². The number of hydrogen-bond acceptors (Lipinski definition) is 2. The SMILES string of the molecule is CCC(C(=O)O)C(C)CC(C)(C)CCC(C)CC(C)(C)CC(=O)O. The van der Waals surface area contributed by atoms with E-state index in [2.05, 4.69) is 20.8 Å². The fourth-order valence-electron chi connectivity index (χ4n) is 4.10. The van der Waals surface area contributed by atoms with Gasteiger partial charge < -0.3 is 10.2 Å². The lowest BCUT2D eigenvalue weighted by Gasteiger charge is -2.33. The Labute approximate surface area is 148 Å². The largest absolute Gasteiger partial charge is 0.481 e. The van der Waals surface area contributed by atoms with Gasteiger partial charge in [-0.2, -0.15) is 0 Å². The summed E-state index contributed by atoms with van der Waals surface area (Å²) in [6.07, 6.45) is 4.77. The summed E-state index contributed by atoms with van der Waals surface area (Å²) in [4.78, 5) is 22.3. The van der Waals surface area contributed by atoms with E-state index in [1.807, 2.05) is 27.7 Å². The van der Waals surface area contributed by atoms with Crippen molar-refractivity contribution in [2.24, 2.45) is 28.6 Å². The predicted octanol–water partition coefficient (Wildman–Crippen LogP) is 5.46. The quantitative estimate of drug-likeness (QED) is 0.494. The molecule has 0 radical (unpaired) electrons. The Balaban J connectivity index is 4.50. The van der Waals surface area contributed by atoms with Gasteiger partial charge in [-0.05, 0) is 48.3 Å². The number of carboxylic acid groups (broad SMARTS) is 2. The molecular weight excluding hydrogens is 304 g/mol. The van der Waals surface area contributed by atoms with Gasteiger partial charge in [0, 0.05) is 0 Å². The highest BCUT2D eigenvalue weighted by molar-refractivity contribution is 5.70. The van der Waals surface area contributed by atoms with Crippen molar-refractivity contribution in [3.8, 4) is 0 Å². The second kappa shape index (κ2) is 9.43. The highest BCUT2D eigenvalue weighted by Gasteiger charge is 2.30. The maximum atomic E-state index is 11.3. The van der Waals surface area contributed by atoms with E-state index in [9.17, 15) is 14.7 Å². The molecule has 3 atom stereocenters. The first-order chi connectivity index (χ1) is 10.8. The van der Waals surface area contributed by atoms with Crippen LogP contribution < -0.4 is 0 Å². The Morgan fingerprint density at radius 3 is 1.92 bits per heavy atom. The fourth-order valence-corrected chi connectivity index (χ4v) is 4.10. The average molecular weight is 343 g/mol. The highest BCUT2D eigenvalue weighted by atomic mass is 16.4. The van der Waals surface area contributed by atoms with Crippen LogP contribution >= 0.6 is 0 Å². The molecule has 0 aromatic heterocycles. The van der Waals surface area contributed by atoms with Gasteiger partial charge in [0.2, 0.25) is 0 Å². The summed E-state index contributed by atoms with van der Waals surface area (Å²) >= 11 is 0. The smallest absolute Gasteiger partial charge is 0.306 e. The van der Waals surface area contributed by atoms with Gasteiger partial charge in [0.15, 0.2) is 0 Å². The van der Waals surface area contributed by atoms with Crippen LogP contribution in [0.2, 0.25) is 0 Å². The summed E-state index contributed by atoms with van der Waals surface area (Å²) in [5.41, 5.74) is -0.0766. The third kappa shape index (κ3) is 9.29. The predicted molar refractivity (Wildman–Crippen MR) is 98.0 cm³/mol. The molecule has 3 unspecified atom stereocenters. The van der Waals surface area contributed by atoms with Crippen LogP contribution in [0.3, 0.4) is 0 Å². The zero-order valence-electron chi connectivity index (χ0n) is 16.7. The van der Waals surface area contributed by atoms with E-state index in [4.69, 9.17) is 5.11 Å². The Morgan fingerprint density at radius 2 is 1.50 bits per heavy atom. The molecule has 142 valence electrons. The van der Waals surface area contributed by atoms with Crippen LogP contribution in [-0.4, -0.2) is 22.2 Å². The normalized spacial score (nSPS) is 16.5. The van der Waals surface area contributed by atoms with Crippen molar-refractivity contribution in [1.82, 2.24) is 0 Å². The van der Waals surface area contributed by atoms with Gasteiger partial charge in [0.1, 0.15) is 0 Å². The zero-order chi connectivity index (χ0) is 19.1. The van der Waals surface area contributed by atoms with Crippen LogP contribution in [0.1, 0.15) is 87.0 Å². The Morgan fingerprint density at radius 1 is 0.958 bits per heavy atom. The minimum Gasteiger partial charge on any atom is -0.481 e. The summed E-state index contributed by atoms with van der Waals surface area (Å²) < 4.78 is 0. The van der Waals surface area contributed by atoms with Crippen LogP contribution in [0.15, 0.2) is 0 Å². The second-order valence-electron chi connectivity index (χ2n) is 9.28. The van der Waals surface area contributed by atoms with Crippen molar-refractivity contribution in [2.75, 3.05) is 0 Å². The van der Waals surface area contributed by atoms with Crippen LogP contribution in [0.4, 0.5) is 0 Å². The van der Waals surface area contributed by atoms with E-state index >= 15 is 0 Å². The minimum absolute atomic E-state index is 0.105. The second-order valence-corrected chi connectivity index (χ2v) is 9.28. The summed E-state index contributed by atoms with van der Waals surface area (Å²) in [5, 5.41) is 18.3. The van der Waals surface area contributed by atoms with Crippen LogP contribution in [-0.2, 0) is 9.59 Å². The molecule has 0 spiro atoms. The highest BCUT2D eigenvalue weighted by Crippen LogP contribution is 2.38. The minimum atomic E-state index is -0.736. The first-order valence-corrected chi connectivity index (χ1v) is 9.24. The van der Waals surface area contributed by atoms with Gasteiger partial charge >= 0.3 is 11.9 Å². The summed E-state index contributed by atoms with van der Waals surface area (Å²) in [7, 11) is 0. The van der Waals surface area contributed by atoms with Crippen molar-refractivity contribution >= 4 is 11.9 Å². The van der Waals surface area contributed by atoms with Gasteiger partial charge in [-0.3, -0.25) is 9.59 Å². The van der Waals surface area contributed by atoms with Gasteiger partial charge in [-0.1, -0.05) is 54.9 Å². The number of hydrogen-bond donors (Lipinski definition) is 2. The van der Waals surface area contributed by atoms with E-state index in [1.165, 1.54) is 0 Å². The van der Waals surface area contributed by atoms with Crippen molar-refractivity contribution in [3.05, 3.63) is 0 Å². The van der Waals surface area contributed by atoms with Crippen molar-refractivity contribution in [1.29, 1.82) is 0 Å². The molecule has 24 heavy (non-hydrogen) atoms. The van der Waals surface area contributed by atoms with Crippen molar-refractivity contribution in [3.63, 3.8) is 0 Å². The molecule has 0 saturated heterocycles. The van der Waals surface area contributed by atoms with Gasteiger partial charge in [-0.15, -0.1) is 0 Å². The Kier molecular flexibility index (Phi) is 9.01. The van der Waals surface area contributed by atoms with Crippen LogP contribution in [0.5, 0.6) is 0 Å². The number of rotatable bonds is 12. The lowest BCUT2D eigenvalue weighted by atomic mass is 9.72. The third-order valence-electron chi connectivity index (χ3n) is 5.16. The topological polar surface area (TPSA) is 74.6 Å². The summed E-state index contributed by atoms with van der Waals surface area (Å²) in [6, 6.07) is 0. The molecule has 0 aliphatic rings. The standard InChI is InChI=1S/C20H38O4/c1-8-16(18(23)24)15(3)12-19(4,5)10-9-14(2)11-20(6,7)13-17(21)22/h14-16H,8-13H2,1-7H3,(H,21,22)(H,23,24). The molecule has 0 aliphatic heterocycles. The molecule has 0 rings (SSSR count). The van der Waals surface area contributed by atoms with Gasteiger partial charge in [0.05, 0.1) is 12.3 Å². The lowest BCUT2D eigenvalue weighted by molar-refractivity contribution is -0.144. The van der Waals surface area contributed by atoms with E-state index in [0.717, 1.165) is 25.7 Å². The Hall–Kier alpha value is -1.06. The zero-order valence-corrected chi connectivity index (χ0v) is 16.7. The molecule has 0 aromatic carbocycles. The number of carbonyl (C=O) groups is 2. The maximum Gasteiger partial charge on any atom is 0.306 e. The molecule has 4 nitrogen and oxygen atoms in total. The van der Waals surface area contributed by atoms with Gasteiger partial charge in [-0.25, -0.2) is 0 Å². The third-order valence-corrected chi connectivity index (χ3v) is 5.16. The lowest BCUT2D eigenvalue weighted by Crippen LogP contribution is -2.26. The average Bonchev–Trinajstić information content (AvgIpc) is 2.33. The van der Waals surface area contributed by atoms with E-state index in [1.54, 1.807) is 0 Å².